The lowest BCUT2D eigenvalue weighted by atomic mass is 9.89. The summed E-state index contributed by atoms with van der Waals surface area (Å²) in [5.41, 5.74) is 9.13. The summed E-state index contributed by atoms with van der Waals surface area (Å²) >= 11 is 4.17. The van der Waals surface area contributed by atoms with Crippen molar-refractivity contribution in [3.05, 3.63) is 57.6 Å². The number of hydrogen-bond acceptors (Lipinski definition) is 2. The quantitative estimate of drug-likeness (QED) is 0.223. The van der Waals surface area contributed by atoms with Crippen molar-refractivity contribution in [1.82, 2.24) is 0 Å². The molecule has 0 saturated carbocycles. The van der Waals surface area contributed by atoms with E-state index in [4.69, 9.17) is 0 Å². The highest BCUT2D eigenvalue weighted by atomic mass is 32.2. The Kier molecular flexibility index (Phi) is 11.1. The Bertz CT molecular complexity index is 797. The first-order chi connectivity index (χ1) is 15.8. The summed E-state index contributed by atoms with van der Waals surface area (Å²) < 4.78 is 0. The lowest BCUT2D eigenvalue weighted by molar-refractivity contribution is 0.771. The SMILES string of the molecule is CC(C)c1cc(C(C)C)c(SCCSc2c(C(C)C)cc(C(C)C)cc2C(C)C)c(C(C)C)c1. The van der Waals surface area contributed by atoms with Gasteiger partial charge in [-0.2, -0.15) is 0 Å². The van der Waals surface area contributed by atoms with Crippen molar-refractivity contribution in [2.45, 2.75) is 128 Å². The molecule has 2 rings (SSSR count). The molecule has 0 atom stereocenters. The molecule has 0 saturated heterocycles. The van der Waals surface area contributed by atoms with E-state index in [1.54, 1.807) is 9.79 Å². The van der Waals surface area contributed by atoms with Crippen LogP contribution in [0.25, 0.3) is 0 Å². The molecule has 34 heavy (non-hydrogen) atoms. The maximum Gasteiger partial charge on any atom is 0.0142 e. The maximum atomic E-state index is 2.48. The van der Waals surface area contributed by atoms with E-state index in [0.29, 0.717) is 35.5 Å². The van der Waals surface area contributed by atoms with Gasteiger partial charge in [-0.05, 0) is 68.9 Å². The molecule has 0 bridgehead atoms. The number of benzene rings is 2. The third kappa shape index (κ3) is 7.33. The topological polar surface area (TPSA) is 0 Å². The Labute approximate surface area is 220 Å². The molecule has 0 radical (unpaired) electrons. The van der Waals surface area contributed by atoms with Crippen LogP contribution in [-0.4, -0.2) is 11.5 Å². The monoisotopic (exact) mass is 498 g/mol. The average molecular weight is 499 g/mol. The van der Waals surface area contributed by atoms with E-state index < -0.39 is 0 Å². The molecule has 0 heterocycles. The van der Waals surface area contributed by atoms with E-state index in [-0.39, 0.29) is 0 Å². The first-order valence-electron chi connectivity index (χ1n) is 13.5. The minimum absolute atomic E-state index is 0.551. The van der Waals surface area contributed by atoms with E-state index in [2.05, 4.69) is 131 Å². The fourth-order valence-electron chi connectivity index (χ4n) is 4.40. The fourth-order valence-corrected chi connectivity index (χ4v) is 7.32. The van der Waals surface area contributed by atoms with Crippen molar-refractivity contribution in [2.75, 3.05) is 11.5 Å². The Morgan fingerprint density at radius 3 is 0.824 bits per heavy atom. The molecule has 2 aromatic rings. The Balaban J connectivity index is 2.32. The van der Waals surface area contributed by atoms with Crippen LogP contribution in [0.4, 0.5) is 0 Å². The number of hydrogen-bond donors (Lipinski definition) is 0. The minimum atomic E-state index is 0.551. The maximum absolute atomic E-state index is 2.48. The van der Waals surface area contributed by atoms with Crippen LogP contribution in [0.3, 0.4) is 0 Å². The van der Waals surface area contributed by atoms with Gasteiger partial charge in [-0.3, -0.25) is 0 Å². The second-order valence-corrected chi connectivity index (χ2v) is 13.9. The van der Waals surface area contributed by atoms with E-state index in [9.17, 15) is 0 Å². The first kappa shape index (κ1) is 29.4. The van der Waals surface area contributed by atoms with Gasteiger partial charge in [0.05, 0.1) is 0 Å². The predicted octanol–water partition coefficient (Wildman–Crippen LogP) is 11.3. The van der Waals surface area contributed by atoms with Crippen LogP contribution in [0, 0.1) is 0 Å². The zero-order valence-electron chi connectivity index (χ0n) is 24.0. The molecule has 0 aromatic heterocycles. The van der Waals surface area contributed by atoms with Crippen LogP contribution in [-0.2, 0) is 0 Å². The van der Waals surface area contributed by atoms with Gasteiger partial charge in [0.2, 0.25) is 0 Å². The lowest BCUT2D eigenvalue weighted by Crippen LogP contribution is -2.05. The molecule has 0 nitrogen and oxygen atoms in total. The first-order valence-corrected chi connectivity index (χ1v) is 15.4. The zero-order chi connectivity index (χ0) is 25.7. The Morgan fingerprint density at radius 1 is 0.412 bits per heavy atom. The third-order valence-corrected chi connectivity index (χ3v) is 9.33. The van der Waals surface area contributed by atoms with Gasteiger partial charge in [-0.15, -0.1) is 23.5 Å². The highest BCUT2D eigenvalue weighted by molar-refractivity contribution is 8.03. The van der Waals surface area contributed by atoms with Gasteiger partial charge in [-0.1, -0.05) is 107 Å². The van der Waals surface area contributed by atoms with Gasteiger partial charge in [0.1, 0.15) is 0 Å². The minimum Gasteiger partial charge on any atom is -0.125 e. The van der Waals surface area contributed by atoms with Crippen molar-refractivity contribution < 1.29 is 0 Å². The summed E-state index contributed by atoms with van der Waals surface area (Å²) in [4.78, 5) is 3.08. The molecule has 0 aliphatic carbocycles. The second kappa shape index (κ2) is 12.9. The van der Waals surface area contributed by atoms with Crippen molar-refractivity contribution in [3.63, 3.8) is 0 Å². The predicted molar refractivity (Wildman–Crippen MR) is 159 cm³/mol. The molecule has 2 heteroatoms. The fraction of sp³-hybridized carbons (Fsp3) is 0.625. The van der Waals surface area contributed by atoms with Gasteiger partial charge in [-0.25, -0.2) is 0 Å². The number of thioether (sulfide) groups is 2. The van der Waals surface area contributed by atoms with Crippen molar-refractivity contribution >= 4 is 23.5 Å². The smallest absolute Gasteiger partial charge is 0.0142 e. The van der Waals surface area contributed by atoms with Crippen LogP contribution < -0.4 is 0 Å². The van der Waals surface area contributed by atoms with E-state index >= 15 is 0 Å². The van der Waals surface area contributed by atoms with Crippen molar-refractivity contribution in [3.8, 4) is 0 Å². The third-order valence-electron chi connectivity index (χ3n) is 6.73. The summed E-state index contributed by atoms with van der Waals surface area (Å²) in [6.45, 7) is 28.1. The molecular formula is C32H50S2. The summed E-state index contributed by atoms with van der Waals surface area (Å²) in [6.07, 6.45) is 0. The molecule has 2 aromatic carbocycles. The van der Waals surface area contributed by atoms with Gasteiger partial charge in [0, 0.05) is 21.3 Å². The molecule has 0 amide bonds. The van der Waals surface area contributed by atoms with E-state index in [0.717, 1.165) is 11.5 Å². The summed E-state index contributed by atoms with van der Waals surface area (Å²) in [5, 5.41) is 0. The van der Waals surface area contributed by atoms with Crippen molar-refractivity contribution in [2.24, 2.45) is 0 Å². The van der Waals surface area contributed by atoms with Gasteiger partial charge < -0.3 is 0 Å². The van der Waals surface area contributed by atoms with Crippen LogP contribution in [0.2, 0.25) is 0 Å². The van der Waals surface area contributed by atoms with Crippen LogP contribution in [0.15, 0.2) is 34.1 Å². The standard InChI is InChI=1S/C32H50S2/c1-19(2)25-15-27(21(5)6)31(28(16-25)22(7)8)33-13-14-34-32-29(23(9)10)17-26(20(3)4)18-30(32)24(11)12/h15-24H,13-14H2,1-12H3. The van der Waals surface area contributed by atoms with Crippen LogP contribution in [0.5, 0.6) is 0 Å². The Morgan fingerprint density at radius 2 is 0.647 bits per heavy atom. The highest BCUT2D eigenvalue weighted by Crippen LogP contribution is 2.41. The molecule has 0 spiro atoms. The average Bonchev–Trinajstić information content (AvgIpc) is 2.75. The Hall–Kier alpha value is -0.860. The molecule has 0 fully saturated rings. The lowest BCUT2D eigenvalue weighted by Gasteiger charge is -2.23. The molecule has 0 aliphatic heterocycles. The highest BCUT2D eigenvalue weighted by Gasteiger charge is 2.20. The van der Waals surface area contributed by atoms with Crippen LogP contribution >= 0.6 is 23.5 Å². The van der Waals surface area contributed by atoms with Gasteiger partial charge in [0.15, 0.2) is 0 Å². The number of rotatable bonds is 11. The molecule has 190 valence electrons. The zero-order valence-corrected chi connectivity index (χ0v) is 25.6. The molecule has 0 unspecified atom stereocenters. The van der Waals surface area contributed by atoms with Gasteiger partial charge in [0.25, 0.3) is 0 Å². The molecular weight excluding hydrogens is 448 g/mol. The largest absolute Gasteiger partial charge is 0.125 e. The molecule has 0 N–H and O–H groups in total. The summed E-state index contributed by atoms with van der Waals surface area (Å²) in [6, 6.07) is 9.92. The van der Waals surface area contributed by atoms with Crippen molar-refractivity contribution in [1.29, 1.82) is 0 Å². The van der Waals surface area contributed by atoms with E-state index in [1.165, 1.54) is 33.4 Å². The van der Waals surface area contributed by atoms with Gasteiger partial charge >= 0.3 is 0 Å². The summed E-state index contributed by atoms with van der Waals surface area (Å²) in [7, 11) is 0. The van der Waals surface area contributed by atoms with E-state index in [1.807, 2.05) is 0 Å². The molecule has 0 aliphatic rings. The van der Waals surface area contributed by atoms with Crippen LogP contribution in [0.1, 0.15) is 152 Å². The normalized spacial score (nSPS) is 12.4. The summed E-state index contributed by atoms with van der Waals surface area (Å²) in [5.74, 6) is 5.64. The second-order valence-electron chi connectivity index (χ2n) is 11.7.